The Labute approximate surface area is 183 Å². The molecule has 0 bridgehead atoms. The number of hydrogen-bond donors (Lipinski definition) is 3. The first-order valence-corrected chi connectivity index (χ1v) is 12.1. The Morgan fingerprint density at radius 3 is 2.19 bits per heavy atom. The first-order valence-electron chi connectivity index (χ1n) is 10.2. The zero-order valence-corrected chi connectivity index (χ0v) is 18.5. The summed E-state index contributed by atoms with van der Waals surface area (Å²) >= 11 is 0. The van der Waals surface area contributed by atoms with E-state index in [-0.39, 0.29) is 18.0 Å². The summed E-state index contributed by atoms with van der Waals surface area (Å²) in [5.74, 6) is -0.290. The largest absolute Gasteiger partial charge is 0.348 e. The summed E-state index contributed by atoms with van der Waals surface area (Å²) in [6, 6.07) is 15.0. The number of sulfonamides is 1. The van der Waals surface area contributed by atoms with Crippen LogP contribution in [0, 0.1) is 0 Å². The van der Waals surface area contributed by atoms with Crippen molar-refractivity contribution in [3.63, 3.8) is 0 Å². The summed E-state index contributed by atoms with van der Waals surface area (Å²) in [5.41, 5.74) is 2.16. The third-order valence-electron chi connectivity index (χ3n) is 5.24. The molecule has 3 N–H and O–H groups in total. The molecule has 8 nitrogen and oxygen atoms in total. The summed E-state index contributed by atoms with van der Waals surface area (Å²) in [4.78, 5) is 24.8. The van der Waals surface area contributed by atoms with E-state index < -0.39 is 16.1 Å². The van der Waals surface area contributed by atoms with Crippen LogP contribution >= 0.6 is 0 Å². The van der Waals surface area contributed by atoms with Crippen LogP contribution in [0.2, 0.25) is 0 Å². The Balaban J connectivity index is 1.57. The molecular formula is C22H28N4O4S. The molecule has 0 aromatic heterocycles. The first kappa shape index (κ1) is 22.8. The van der Waals surface area contributed by atoms with Gasteiger partial charge in [0.1, 0.15) is 6.04 Å². The van der Waals surface area contributed by atoms with Crippen molar-refractivity contribution < 1.29 is 18.0 Å². The van der Waals surface area contributed by atoms with Crippen LogP contribution in [-0.4, -0.2) is 43.5 Å². The van der Waals surface area contributed by atoms with E-state index in [2.05, 4.69) is 16.0 Å². The van der Waals surface area contributed by atoms with Crippen molar-refractivity contribution >= 4 is 33.3 Å². The van der Waals surface area contributed by atoms with Gasteiger partial charge >= 0.3 is 6.03 Å². The molecule has 1 saturated heterocycles. The van der Waals surface area contributed by atoms with Crippen molar-refractivity contribution in [1.29, 1.82) is 0 Å². The van der Waals surface area contributed by atoms with Crippen LogP contribution in [0.15, 0.2) is 54.6 Å². The summed E-state index contributed by atoms with van der Waals surface area (Å²) in [7, 11) is -3.43. The Morgan fingerprint density at radius 2 is 1.58 bits per heavy atom. The molecule has 2 aromatic rings. The lowest BCUT2D eigenvalue weighted by atomic mass is 10.0. The van der Waals surface area contributed by atoms with Gasteiger partial charge in [0.2, 0.25) is 15.9 Å². The minimum Gasteiger partial charge on any atom is -0.348 e. The van der Waals surface area contributed by atoms with Crippen LogP contribution in [0.4, 0.5) is 16.2 Å². The molecule has 0 saturated carbocycles. The van der Waals surface area contributed by atoms with E-state index in [9.17, 15) is 18.0 Å². The lowest BCUT2D eigenvalue weighted by molar-refractivity contribution is -0.126. The molecule has 0 spiro atoms. The van der Waals surface area contributed by atoms with Gasteiger partial charge in [0, 0.05) is 17.9 Å². The quantitative estimate of drug-likeness (QED) is 0.635. The standard InChI is InChI=1S/C22H28N4O4S/c1-16(23-21(27)20-10-6-7-15-26(20)31(2,29)30)17-11-13-19(14-12-17)25-22(28)24-18-8-4-3-5-9-18/h3-5,8-9,11-14,16,20H,6-7,10,15H2,1-2H3,(H,23,27)(H2,24,25,28). The normalized spacial score (nSPS) is 18.1. The van der Waals surface area contributed by atoms with Gasteiger partial charge in [-0.2, -0.15) is 4.31 Å². The van der Waals surface area contributed by atoms with Crippen molar-refractivity contribution in [2.24, 2.45) is 0 Å². The molecule has 2 unspecified atom stereocenters. The molecule has 1 aliphatic rings. The molecule has 0 radical (unpaired) electrons. The van der Waals surface area contributed by atoms with Gasteiger partial charge in [-0.25, -0.2) is 13.2 Å². The number of para-hydroxylation sites is 1. The molecule has 166 valence electrons. The van der Waals surface area contributed by atoms with E-state index in [0.717, 1.165) is 24.7 Å². The van der Waals surface area contributed by atoms with Crippen LogP contribution in [0.1, 0.15) is 37.8 Å². The molecule has 0 aliphatic carbocycles. The zero-order chi connectivity index (χ0) is 22.4. The molecule has 3 amide bonds. The maximum absolute atomic E-state index is 12.7. The van der Waals surface area contributed by atoms with Gasteiger partial charge in [-0.15, -0.1) is 0 Å². The van der Waals surface area contributed by atoms with Crippen molar-refractivity contribution in [2.75, 3.05) is 23.4 Å². The Hall–Kier alpha value is -2.91. The van der Waals surface area contributed by atoms with Crippen molar-refractivity contribution in [3.05, 3.63) is 60.2 Å². The Kier molecular flexibility index (Phi) is 7.29. The van der Waals surface area contributed by atoms with Crippen molar-refractivity contribution in [3.8, 4) is 0 Å². The van der Waals surface area contributed by atoms with Crippen LogP contribution in [0.5, 0.6) is 0 Å². The number of urea groups is 1. The van der Waals surface area contributed by atoms with E-state index in [1.54, 1.807) is 24.3 Å². The fraction of sp³-hybridized carbons (Fsp3) is 0.364. The topological polar surface area (TPSA) is 108 Å². The van der Waals surface area contributed by atoms with E-state index in [0.29, 0.717) is 24.3 Å². The van der Waals surface area contributed by atoms with Crippen LogP contribution in [0.25, 0.3) is 0 Å². The highest BCUT2D eigenvalue weighted by molar-refractivity contribution is 7.88. The van der Waals surface area contributed by atoms with E-state index >= 15 is 0 Å². The smallest absolute Gasteiger partial charge is 0.323 e. The lowest BCUT2D eigenvalue weighted by Gasteiger charge is -2.33. The number of amides is 3. The maximum atomic E-state index is 12.7. The molecular weight excluding hydrogens is 416 g/mol. The van der Waals surface area contributed by atoms with Gasteiger partial charge in [0.25, 0.3) is 0 Å². The molecule has 9 heteroatoms. The number of anilines is 2. The highest BCUT2D eigenvalue weighted by Gasteiger charge is 2.34. The molecule has 1 heterocycles. The number of carbonyl (C=O) groups excluding carboxylic acids is 2. The fourth-order valence-corrected chi connectivity index (χ4v) is 4.75. The van der Waals surface area contributed by atoms with Gasteiger partial charge in [-0.1, -0.05) is 36.8 Å². The second-order valence-electron chi connectivity index (χ2n) is 7.68. The van der Waals surface area contributed by atoms with Gasteiger partial charge in [0.15, 0.2) is 0 Å². The highest BCUT2D eigenvalue weighted by atomic mass is 32.2. The Bertz CT molecular complexity index is 1010. The second kappa shape index (κ2) is 9.93. The number of piperidine rings is 1. The molecule has 1 fully saturated rings. The van der Waals surface area contributed by atoms with E-state index in [1.807, 2.05) is 37.3 Å². The maximum Gasteiger partial charge on any atom is 0.323 e. The van der Waals surface area contributed by atoms with Crippen molar-refractivity contribution in [1.82, 2.24) is 9.62 Å². The SMILES string of the molecule is CC(NC(=O)C1CCCCN1S(C)(=O)=O)c1ccc(NC(=O)Nc2ccccc2)cc1. The predicted octanol–water partition coefficient (Wildman–Crippen LogP) is 3.32. The number of rotatable bonds is 6. The van der Waals surface area contributed by atoms with Gasteiger partial charge in [-0.05, 0) is 49.6 Å². The van der Waals surface area contributed by atoms with Gasteiger partial charge < -0.3 is 16.0 Å². The summed E-state index contributed by atoms with van der Waals surface area (Å²) < 4.78 is 25.3. The lowest BCUT2D eigenvalue weighted by Crippen LogP contribution is -2.51. The van der Waals surface area contributed by atoms with Crippen LogP contribution < -0.4 is 16.0 Å². The number of carbonyl (C=O) groups is 2. The predicted molar refractivity (Wildman–Crippen MR) is 121 cm³/mol. The average Bonchev–Trinajstić information content (AvgIpc) is 2.74. The monoisotopic (exact) mass is 444 g/mol. The van der Waals surface area contributed by atoms with E-state index in [4.69, 9.17) is 0 Å². The minimum absolute atomic E-state index is 0.290. The third-order valence-corrected chi connectivity index (χ3v) is 6.53. The average molecular weight is 445 g/mol. The van der Waals surface area contributed by atoms with Crippen LogP contribution in [0.3, 0.4) is 0 Å². The number of nitrogens with one attached hydrogen (secondary N) is 3. The number of nitrogens with zero attached hydrogens (tertiary/aromatic N) is 1. The highest BCUT2D eigenvalue weighted by Crippen LogP contribution is 2.22. The van der Waals surface area contributed by atoms with E-state index in [1.165, 1.54) is 4.31 Å². The minimum atomic E-state index is -3.43. The third kappa shape index (κ3) is 6.28. The second-order valence-corrected chi connectivity index (χ2v) is 9.62. The Morgan fingerprint density at radius 1 is 0.968 bits per heavy atom. The van der Waals surface area contributed by atoms with Crippen LogP contribution in [-0.2, 0) is 14.8 Å². The molecule has 3 rings (SSSR count). The summed E-state index contributed by atoms with van der Waals surface area (Å²) in [6.07, 6.45) is 3.25. The number of benzene rings is 2. The van der Waals surface area contributed by atoms with Gasteiger partial charge in [0.05, 0.1) is 12.3 Å². The molecule has 2 aromatic carbocycles. The fourth-order valence-electron chi connectivity index (χ4n) is 3.63. The molecule has 31 heavy (non-hydrogen) atoms. The van der Waals surface area contributed by atoms with Gasteiger partial charge in [-0.3, -0.25) is 4.79 Å². The molecule has 2 atom stereocenters. The van der Waals surface area contributed by atoms with Crippen molar-refractivity contribution in [2.45, 2.75) is 38.3 Å². The molecule has 1 aliphatic heterocycles. The number of hydrogen-bond acceptors (Lipinski definition) is 4. The summed E-state index contributed by atoms with van der Waals surface area (Å²) in [5, 5.41) is 8.42. The first-order chi connectivity index (χ1) is 14.7. The summed E-state index contributed by atoms with van der Waals surface area (Å²) in [6.45, 7) is 2.22. The zero-order valence-electron chi connectivity index (χ0n) is 17.7.